The summed E-state index contributed by atoms with van der Waals surface area (Å²) in [5, 5.41) is 0. The molecule has 0 aromatic carbocycles. The second kappa shape index (κ2) is 8.89. The minimum absolute atomic E-state index is 0.0891. The van der Waals surface area contributed by atoms with E-state index in [1.807, 2.05) is 77.8 Å². The van der Waals surface area contributed by atoms with Gasteiger partial charge in [-0.2, -0.15) is 0 Å². The highest BCUT2D eigenvalue weighted by molar-refractivity contribution is 6.36. The number of hydrogen-bond acceptors (Lipinski definition) is 6. The highest BCUT2D eigenvalue weighted by Crippen LogP contribution is 2.08. The van der Waals surface area contributed by atoms with E-state index >= 15 is 0 Å². The van der Waals surface area contributed by atoms with Crippen LogP contribution in [0.4, 0.5) is 0 Å². The van der Waals surface area contributed by atoms with Gasteiger partial charge in [-0.3, -0.25) is 14.7 Å². The topological polar surface area (TPSA) is 37.4 Å². The van der Waals surface area contributed by atoms with Crippen LogP contribution in [-0.4, -0.2) is 83.0 Å². The van der Waals surface area contributed by atoms with Gasteiger partial charge in [0.1, 0.15) is 0 Å². The van der Waals surface area contributed by atoms with E-state index in [2.05, 4.69) is 0 Å². The van der Waals surface area contributed by atoms with Gasteiger partial charge in [0.15, 0.2) is 0 Å². The predicted molar refractivity (Wildman–Crippen MR) is 78.5 cm³/mol. The van der Waals surface area contributed by atoms with Crippen molar-refractivity contribution in [1.82, 2.24) is 14.7 Å². The Balaban J connectivity index is 4.54. The lowest BCUT2D eigenvalue weighted by Crippen LogP contribution is -2.45. The highest BCUT2D eigenvalue weighted by Gasteiger charge is 2.30. The van der Waals surface area contributed by atoms with E-state index in [0.717, 1.165) is 0 Å². The van der Waals surface area contributed by atoms with Crippen LogP contribution in [0.3, 0.4) is 0 Å². The lowest BCUT2D eigenvalue weighted by molar-refractivity contribution is -0.0650. The van der Waals surface area contributed by atoms with E-state index in [0.29, 0.717) is 0 Å². The Morgan fingerprint density at radius 1 is 0.579 bits per heavy atom. The summed E-state index contributed by atoms with van der Waals surface area (Å²) in [6, 6.07) is 0. The van der Waals surface area contributed by atoms with Crippen LogP contribution in [0.15, 0.2) is 0 Å². The molecule has 3 atom stereocenters. The maximum Gasteiger partial charge on any atom is 0.642 e. The number of hydrogen-bond donors (Lipinski definition) is 0. The number of rotatable bonds is 9. The lowest BCUT2D eigenvalue weighted by atomic mass is 10.2. The molecule has 0 fully saturated rings. The summed E-state index contributed by atoms with van der Waals surface area (Å²) in [6.45, 7) is 5.88. The molecule has 0 aromatic rings. The van der Waals surface area contributed by atoms with Crippen molar-refractivity contribution < 1.29 is 14.0 Å². The normalized spacial score (nSPS) is 17.1. The van der Waals surface area contributed by atoms with Crippen molar-refractivity contribution in [1.29, 1.82) is 0 Å². The Labute approximate surface area is 118 Å². The van der Waals surface area contributed by atoms with Crippen molar-refractivity contribution in [3.8, 4) is 0 Å². The molecular weight excluding hydrogens is 245 g/mol. The molecule has 7 heteroatoms. The van der Waals surface area contributed by atoms with Crippen molar-refractivity contribution in [3.05, 3.63) is 0 Å². The Morgan fingerprint density at radius 2 is 0.789 bits per heavy atom. The molecule has 0 spiro atoms. The predicted octanol–water partition coefficient (Wildman–Crippen LogP) is 0.744. The molecule has 0 N–H and O–H groups in total. The van der Waals surface area contributed by atoms with Crippen molar-refractivity contribution in [3.63, 3.8) is 0 Å². The van der Waals surface area contributed by atoms with E-state index in [4.69, 9.17) is 14.0 Å². The fourth-order valence-corrected chi connectivity index (χ4v) is 0.944. The molecule has 0 saturated carbocycles. The third-order valence-electron chi connectivity index (χ3n) is 3.11. The molecule has 6 nitrogen and oxygen atoms in total. The van der Waals surface area contributed by atoms with Gasteiger partial charge in [-0.15, -0.1) is 0 Å². The third kappa shape index (κ3) is 7.86. The minimum atomic E-state index is -0.702. The lowest BCUT2D eigenvalue weighted by Gasteiger charge is -2.30. The SMILES string of the molecule is CC(OB(OC(C)N(C)C)OC(C)N(C)C)N(C)C. The highest BCUT2D eigenvalue weighted by atomic mass is 16.8. The van der Waals surface area contributed by atoms with Crippen molar-refractivity contribution in [2.45, 2.75) is 39.5 Å². The fourth-order valence-electron chi connectivity index (χ4n) is 0.944. The maximum absolute atomic E-state index is 5.78. The summed E-state index contributed by atoms with van der Waals surface area (Å²) < 4.78 is 17.3. The van der Waals surface area contributed by atoms with Gasteiger partial charge in [-0.05, 0) is 63.1 Å². The molecule has 0 aromatic heterocycles. The zero-order valence-corrected chi connectivity index (χ0v) is 13.9. The first-order valence-electron chi connectivity index (χ1n) is 6.60. The first kappa shape index (κ1) is 18.8. The molecule has 0 saturated heterocycles. The average Bonchev–Trinajstić information content (AvgIpc) is 2.27. The molecule has 0 heterocycles. The van der Waals surface area contributed by atoms with Crippen LogP contribution in [-0.2, 0) is 14.0 Å². The molecule has 19 heavy (non-hydrogen) atoms. The maximum atomic E-state index is 5.78. The molecule has 114 valence electrons. The van der Waals surface area contributed by atoms with Gasteiger partial charge in [-0.1, -0.05) is 0 Å². The Morgan fingerprint density at radius 3 is 0.947 bits per heavy atom. The zero-order chi connectivity index (χ0) is 15.2. The van der Waals surface area contributed by atoms with Crippen LogP contribution < -0.4 is 0 Å². The molecular formula is C12H30BN3O3. The van der Waals surface area contributed by atoms with Crippen LogP contribution in [0.5, 0.6) is 0 Å². The Hall–Kier alpha value is -0.175. The summed E-state index contributed by atoms with van der Waals surface area (Å²) in [7, 11) is 11.0. The second-order valence-electron chi connectivity index (χ2n) is 5.39. The van der Waals surface area contributed by atoms with Crippen LogP contribution in [0.1, 0.15) is 20.8 Å². The summed E-state index contributed by atoms with van der Waals surface area (Å²) >= 11 is 0. The molecule has 0 aliphatic heterocycles. The van der Waals surface area contributed by atoms with E-state index in [9.17, 15) is 0 Å². The summed E-state index contributed by atoms with van der Waals surface area (Å²) in [5.74, 6) is 0. The summed E-state index contributed by atoms with van der Waals surface area (Å²) in [4.78, 5) is 5.88. The molecule has 0 rings (SSSR count). The van der Waals surface area contributed by atoms with Gasteiger partial charge in [0.05, 0.1) is 18.7 Å². The molecule has 0 aliphatic carbocycles. The van der Waals surface area contributed by atoms with Crippen LogP contribution in [0.2, 0.25) is 0 Å². The molecule has 0 aliphatic rings. The van der Waals surface area contributed by atoms with Gasteiger partial charge in [0, 0.05) is 0 Å². The van der Waals surface area contributed by atoms with Gasteiger partial charge in [-0.25, -0.2) is 0 Å². The largest absolute Gasteiger partial charge is 0.642 e. The molecule has 0 amide bonds. The van der Waals surface area contributed by atoms with E-state index in [-0.39, 0.29) is 18.7 Å². The summed E-state index contributed by atoms with van der Waals surface area (Å²) in [5.41, 5.74) is 0. The number of nitrogens with zero attached hydrogens (tertiary/aromatic N) is 3. The average molecular weight is 275 g/mol. The van der Waals surface area contributed by atoms with Crippen molar-refractivity contribution in [2.75, 3.05) is 42.3 Å². The standard InChI is InChI=1S/C12H30BN3O3/c1-10(14(4)5)17-13(18-11(2)15(6)7)19-12(3)16(8)9/h10-12H,1-9H3. The Bertz CT molecular complexity index is 204. The quantitative estimate of drug-likeness (QED) is 0.456. The fraction of sp³-hybridized carbons (Fsp3) is 1.00. The monoisotopic (exact) mass is 275 g/mol. The first-order chi connectivity index (χ1) is 8.65. The van der Waals surface area contributed by atoms with Gasteiger partial charge in [0.2, 0.25) is 0 Å². The van der Waals surface area contributed by atoms with Gasteiger partial charge < -0.3 is 14.0 Å². The van der Waals surface area contributed by atoms with Crippen molar-refractivity contribution in [2.24, 2.45) is 0 Å². The Kier molecular flexibility index (Phi) is 8.81. The molecule has 3 unspecified atom stereocenters. The smallest absolute Gasteiger partial charge is 0.370 e. The van der Waals surface area contributed by atoms with Crippen LogP contribution in [0, 0.1) is 0 Å². The zero-order valence-electron chi connectivity index (χ0n) is 13.9. The van der Waals surface area contributed by atoms with Crippen LogP contribution >= 0.6 is 0 Å². The molecule has 0 bridgehead atoms. The molecule has 0 radical (unpaired) electrons. The third-order valence-corrected chi connectivity index (χ3v) is 3.11. The van der Waals surface area contributed by atoms with Gasteiger partial charge >= 0.3 is 7.32 Å². The van der Waals surface area contributed by atoms with Crippen molar-refractivity contribution >= 4 is 7.32 Å². The minimum Gasteiger partial charge on any atom is -0.370 e. The van der Waals surface area contributed by atoms with E-state index in [1.54, 1.807) is 0 Å². The first-order valence-corrected chi connectivity index (χ1v) is 6.60. The summed E-state index contributed by atoms with van der Waals surface area (Å²) in [6.07, 6.45) is -0.267. The van der Waals surface area contributed by atoms with Gasteiger partial charge in [0.25, 0.3) is 0 Å². The van der Waals surface area contributed by atoms with E-state index < -0.39 is 7.32 Å². The second-order valence-corrected chi connectivity index (χ2v) is 5.39. The van der Waals surface area contributed by atoms with Crippen LogP contribution in [0.25, 0.3) is 0 Å². The van der Waals surface area contributed by atoms with E-state index in [1.165, 1.54) is 0 Å².